The molecule has 0 aliphatic carbocycles. The Balaban J connectivity index is 2.67. The first-order chi connectivity index (χ1) is 9.45. The molecule has 1 aromatic carbocycles. The van der Waals surface area contributed by atoms with Crippen LogP contribution in [0.5, 0.6) is 5.75 Å². The summed E-state index contributed by atoms with van der Waals surface area (Å²) in [6, 6.07) is 7.38. The largest absolute Gasteiger partial charge is 0.496 e. The second-order valence-corrected chi connectivity index (χ2v) is 4.82. The molecule has 0 aliphatic heterocycles. The summed E-state index contributed by atoms with van der Waals surface area (Å²) in [5.74, 6) is -0.410. The summed E-state index contributed by atoms with van der Waals surface area (Å²) in [4.78, 5) is 24.3. The molecule has 0 heterocycles. The number of hydrogen-bond acceptors (Lipinski definition) is 3. The minimum Gasteiger partial charge on any atom is -0.496 e. The number of para-hydroxylation sites is 1. The van der Waals surface area contributed by atoms with Gasteiger partial charge in [0, 0.05) is 12.5 Å². The predicted molar refractivity (Wildman–Crippen MR) is 75.8 cm³/mol. The highest BCUT2D eigenvalue weighted by Crippen LogP contribution is 2.19. The summed E-state index contributed by atoms with van der Waals surface area (Å²) >= 11 is 0. The minimum absolute atomic E-state index is 0.128. The standard InChI is InChI=1S/C15H21NO4/c1-11(2)16(10-15(18)19)14(17)9-8-12-6-4-5-7-13(12)20-3/h4-7,11H,8-10H2,1-3H3,(H,18,19). The second kappa shape index (κ2) is 7.53. The van der Waals surface area contributed by atoms with Crippen LogP contribution in [0.3, 0.4) is 0 Å². The molecule has 110 valence electrons. The summed E-state index contributed by atoms with van der Waals surface area (Å²) in [7, 11) is 1.59. The van der Waals surface area contributed by atoms with Crippen LogP contribution in [0.15, 0.2) is 24.3 Å². The van der Waals surface area contributed by atoms with Crippen LogP contribution in [0, 0.1) is 0 Å². The van der Waals surface area contributed by atoms with Crippen LogP contribution in [0.1, 0.15) is 25.8 Å². The van der Waals surface area contributed by atoms with Gasteiger partial charge >= 0.3 is 5.97 Å². The highest BCUT2D eigenvalue weighted by molar-refractivity contribution is 5.81. The van der Waals surface area contributed by atoms with Gasteiger partial charge in [-0.15, -0.1) is 0 Å². The number of carboxylic acid groups (broad SMARTS) is 1. The lowest BCUT2D eigenvalue weighted by molar-refractivity contribution is -0.145. The van der Waals surface area contributed by atoms with Gasteiger partial charge in [0.05, 0.1) is 7.11 Å². The highest BCUT2D eigenvalue weighted by atomic mass is 16.5. The predicted octanol–water partition coefficient (Wildman–Crippen LogP) is 1.95. The molecule has 1 rings (SSSR count). The molecule has 0 saturated heterocycles. The van der Waals surface area contributed by atoms with E-state index in [4.69, 9.17) is 9.84 Å². The Labute approximate surface area is 119 Å². The van der Waals surface area contributed by atoms with Crippen molar-refractivity contribution < 1.29 is 19.4 Å². The van der Waals surface area contributed by atoms with E-state index in [0.717, 1.165) is 11.3 Å². The fourth-order valence-corrected chi connectivity index (χ4v) is 2.00. The van der Waals surface area contributed by atoms with E-state index in [1.807, 2.05) is 38.1 Å². The summed E-state index contributed by atoms with van der Waals surface area (Å²) in [6.45, 7) is 3.36. The lowest BCUT2D eigenvalue weighted by atomic mass is 10.1. The maximum Gasteiger partial charge on any atom is 0.323 e. The molecule has 20 heavy (non-hydrogen) atoms. The van der Waals surface area contributed by atoms with E-state index >= 15 is 0 Å². The maximum absolute atomic E-state index is 12.1. The van der Waals surface area contributed by atoms with E-state index in [1.165, 1.54) is 4.90 Å². The fraction of sp³-hybridized carbons (Fsp3) is 0.467. The average Bonchev–Trinajstić information content (AvgIpc) is 2.42. The number of ether oxygens (including phenoxy) is 1. The first-order valence-corrected chi connectivity index (χ1v) is 6.58. The smallest absolute Gasteiger partial charge is 0.323 e. The van der Waals surface area contributed by atoms with Crippen LogP contribution >= 0.6 is 0 Å². The minimum atomic E-state index is -0.996. The number of aliphatic carboxylic acids is 1. The zero-order chi connectivity index (χ0) is 15.1. The van der Waals surface area contributed by atoms with E-state index in [-0.39, 0.29) is 24.9 Å². The Hall–Kier alpha value is -2.04. The van der Waals surface area contributed by atoms with Crippen molar-refractivity contribution in [1.82, 2.24) is 4.90 Å². The summed E-state index contributed by atoms with van der Waals surface area (Å²) in [6.07, 6.45) is 0.803. The highest BCUT2D eigenvalue weighted by Gasteiger charge is 2.19. The van der Waals surface area contributed by atoms with Crippen molar-refractivity contribution in [1.29, 1.82) is 0 Å². The number of carboxylic acids is 1. The van der Waals surface area contributed by atoms with Crippen LogP contribution in [0.2, 0.25) is 0 Å². The van der Waals surface area contributed by atoms with Gasteiger partial charge in [0.25, 0.3) is 0 Å². The number of aryl methyl sites for hydroxylation is 1. The van der Waals surface area contributed by atoms with Gasteiger partial charge in [-0.1, -0.05) is 18.2 Å². The van der Waals surface area contributed by atoms with E-state index < -0.39 is 5.97 Å². The Morgan fingerprint density at radius 2 is 1.95 bits per heavy atom. The van der Waals surface area contributed by atoms with Gasteiger partial charge < -0.3 is 14.7 Å². The quantitative estimate of drug-likeness (QED) is 0.828. The van der Waals surface area contributed by atoms with Crippen LogP contribution in [-0.2, 0) is 16.0 Å². The van der Waals surface area contributed by atoms with Gasteiger partial charge in [-0.2, -0.15) is 0 Å². The van der Waals surface area contributed by atoms with Crippen molar-refractivity contribution in [2.75, 3.05) is 13.7 Å². The molecular weight excluding hydrogens is 258 g/mol. The molecule has 0 aromatic heterocycles. The van der Waals surface area contributed by atoms with Crippen molar-refractivity contribution in [3.63, 3.8) is 0 Å². The monoisotopic (exact) mass is 279 g/mol. The number of carbonyl (C=O) groups excluding carboxylic acids is 1. The van der Waals surface area contributed by atoms with Crippen LogP contribution in [0.25, 0.3) is 0 Å². The molecule has 0 saturated carbocycles. The molecule has 0 radical (unpaired) electrons. The number of carbonyl (C=O) groups is 2. The number of nitrogens with zero attached hydrogens (tertiary/aromatic N) is 1. The number of hydrogen-bond donors (Lipinski definition) is 1. The topological polar surface area (TPSA) is 66.8 Å². The van der Waals surface area contributed by atoms with Crippen molar-refractivity contribution in [2.45, 2.75) is 32.7 Å². The molecule has 5 heteroatoms. The lowest BCUT2D eigenvalue weighted by Gasteiger charge is -2.25. The first-order valence-electron chi connectivity index (χ1n) is 6.58. The van der Waals surface area contributed by atoms with Crippen LogP contribution < -0.4 is 4.74 Å². The van der Waals surface area contributed by atoms with E-state index in [2.05, 4.69) is 0 Å². The first kappa shape index (κ1) is 16.0. The SMILES string of the molecule is COc1ccccc1CCC(=O)N(CC(=O)O)C(C)C. The third kappa shape index (κ3) is 4.57. The van der Waals surface area contributed by atoms with E-state index in [9.17, 15) is 9.59 Å². The zero-order valence-electron chi connectivity index (χ0n) is 12.1. The Morgan fingerprint density at radius 1 is 1.30 bits per heavy atom. The Bertz CT molecular complexity index is 471. The van der Waals surface area contributed by atoms with Gasteiger partial charge in [0.1, 0.15) is 12.3 Å². The number of benzene rings is 1. The molecule has 5 nitrogen and oxygen atoms in total. The molecule has 0 atom stereocenters. The normalized spacial score (nSPS) is 10.4. The van der Waals surface area contributed by atoms with Crippen molar-refractivity contribution in [3.05, 3.63) is 29.8 Å². The molecule has 0 fully saturated rings. The van der Waals surface area contributed by atoms with Gasteiger partial charge in [0.15, 0.2) is 0 Å². The van der Waals surface area contributed by atoms with Crippen molar-refractivity contribution in [3.8, 4) is 5.75 Å². The third-order valence-electron chi connectivity index (χ3n) is 3.05. The van der Waals surface area contributed by atoms with Gasteiger partial charge in [-0.3, -0.25) is 9.59 Å². The molecule has 1 amide bonds. The summed E-state index contributed by atoms with van der Waals surface area (Å²) in [5, 5.41) is 8.84. The number of rotatable bonds is 7. The number of amides is 1. The van der Waals surface area contributed by atoms with E-state index in [1.54, 1.807) is 7.11 Å². The fourth-order valence-electron chi connectivity index (χ4n) is 2.00. The lowest BCUT2D eigenvalue weighted by Crippen LogP contribution is -2.40. The number of methoxy groups -OCH3 is 1. The average molecular weight is 279 g/mol. The Kier molecular flexibility index (Phi) is 6.03. The molecule has 0 spiro atoms. The molecule has 0 bridgehead atoms. The Morgan fingerprint density at radius 3 is 2.50 bits per heavy atom. The second-order valence-electron chi connectivity index (χ2n) is 4.82. The van der Waals surface area contributed by atoms with Crippen molar-refractivity contribution in [2.24, 2.45) is 0 Å². The zero-order valence-corrected chi connectivity index (χ0v) is 12.1. The maximum atomic E-state index is 12.1. The van der Waals surface area contributed by atoms with Crippen molar-refractivity contribution >= 4 is 11.9 Å². The van der Waals surface area contributed by atoms with E-state index in [0.29, 0.717) is 6.42 Å². The molecule has 0 unspecified atom stereocenters. The van der Waals surface area contributed by atoms with Gasteiger partial charge in [0.2, 0.25) is 5.91 Å². The van der Waals surface area contributed by atoms with Crippen LogP contribution in [-0.4, -0.2) is 41.6 Å². The molecule has 0 aliphatic rings. The third-order valence-corrected chi connectivity index (χ3v) is 3.05. The van der Waals surface area contributed by atoms with Gasteiger partial charge in [-0.25, -0.2) is 0 Å². The van der Waals surface area contributed by atoms with Crippen LogP contribution in [0.4, 0.5) is 0 Å². The molecule has 1 aromatic rings. The summed E-state index contributed by atoms with van der Waals surface area (Å²) < 4.78 is 5.23. The summed E-state index contributed by atoms with van der Waals surface area (Å²) in [5.41, 5.74) is 0.947. The molecular formula is C15H21NO4. The van der Waals surface area contributed by atoms with Gasteiger partial charge in [-0.05, 0) is 31.9 Å². The molecule has 1 N–H and O–H groups in total.